The van der Waals surface area contributed by atoms with Crippen LogP contribution in [-0.4, -0.2) is 60.0 Å². The van der Waals surface area contributed by atoms with Crippen molar-refractivity contribution in [2.24, 2.45) is 0 Å². The fraction of sp³-hybridized carbons (Fsp3) is 0.556. The van der Waals surface area contributed by atoms with E-state index < -0.39 is 9.84 Å². The number of nitrogens with zero attached hydrogens (tertiary/aromatic N) is 4. The monoisotopic (exact) mass is 378 g/mol. The standard InChI is InChI=1S/C18H26N4O3S/c1-25-18-7-5-16(6-8-18)4-2-3-9-22-17(14-19-20-22)15-21-10-12-26(23,24)13-11-21/h5-8,14H,2-4,9-13,15H2,1H3. The zero-order valence-corrected chi connectivity index (χ0v) is 16.0. The van der Waals surface area contributed by atoms with Gasteiger partial charge in [0.2, 0.25) is 0 Å². The SMILES string of the molecule is COc1ccc(CCCCn2nncc2CN2CCS(=O)(=O)CC2)cc1. The molecule has 0 unspecified atom stereocenters. The lowest BCUT2D eigenvalue weighted by atomic mass is 10.1. The van der Waals surface area contributed by atoms with Crippen LogP contribution in [0.1, 0.15) is 24.1 Å². The second kappa shape index (κ2) is 8.64. The summed E-state index contributed by atoms with van der Waals surface area (Å²) in [6.45, 7) is 2.72. The van der Waals surface area contributed by atoms with Crippen LogP contribution in [-0.2, 0) is 29.3 Å². The number of hydrogen-bond acceptors (Lipinski definition) is 6. The van der Waals surface area contributed by atoms with Crippen LogP contribution in [0.4, 0.5) is 0 Å². The minimum Gasteiger partial charge on any atom is -0.497 e. The highest BCUT2D eigenvalue weighted by atomic mass is 32.2. The van der Waals surface area contributed by atoms with Crippen molar-refractivity contribution >= 4 is 9.84 Å². The van der Waals surface area contributed by atoms with Crippen molar-refractivity contribution in [3.8, 4) is 5.75 Å². The van der Waals surface area contributed by atoms with E-state index >= 15 is 0 Å². The molecule has 1 aromatic heterocycles. The molecule has 1 aromatic carbocycles. The van der Waals surface area contributed by atoms with E-state index in [1.54, 1.807) is 13.3 Å². The molecule has 1 aliphatic rings. The molecule has 1 saturated heterocycles. The predicted molar refractivity (Wildman–Crippen MR) is 99.9 cm³/mol. The Morgan fingerprint density at radius 2 is 1.85 bits per heavy atom. The predicted octanol–water partition coefficient (Wildman–Crippen LogP) is 1.54. The molecule has 142 valence electrons. The smallest absolute Gasteiger partial charge is 0.152 e. The highest BCUT2D eigenvalue weighted by Crippen LogP contribution is 2.14. The molecule has 0 amide bonds. The van der Waals surface area contributed by atoms with Crippen molar-refractivity contribution in [2.75, 3.05) is 31.7 Å². The van der Waals surface area contributed by atoms with Gasteiger partial charge in [0, 0.05) is 26.2 Å². The molecule has 3 rings (SSSR count). The average molecular weight is 378 g/mol. The van der Waals surface area contributed by atoms with Crippen LogP contribution >= 0.6 is 0 Å². The number of hydrogen-bond donors (Lipinski definition) is 0. The molecule has 26 heavy (non-hydrogen) atoms. The summed E-state index contributed by atoms with van der Waals surface area (Å²) in [6.07, 6.45) is 4.91. The maximum absolute atomic E-state index is 11.5. The van der Waals surface area contributed by atoms with Gasteiger partial charge in [-0.25, -0.2) is 13.1 Å². The van der Waals surface area contributed by atoms with Gasteiger partial charge in [-0.3, -0.25) is 4.90 Å². The molecular formula is C18H26N4O3S. The fourth-order valence-electron chi connectivity index (χ4n) is 3.11. The van der Waals surface area contributed by atoms with E-state index in [0.717, 1.165) is 37.3 Å². The summed E-state index contributed by atoms with van der Waals surface area (Å²) in [7, 11) is -1.17. The molecule has 0 atom stereocenters. The molecule has 7 nitrogen and oxygen atoms in total. The van der Waals surface area contributed by atoms with Crippen molar-refractivity contribution < 1.29 is 13.2 Å². The van der Waals surface area contributed by atoms with Gasteiger partial charge >= 0.3 is 0 Å². The van der Waals surface area contributed by atoms with Gasteiger partial charge in [-0.1, -0.05) is 17.3 Å². The van der Waals surface area contributed by atoms with Crippen LogP contribution in [0.2, 0.25) is 0 Å². The second-order valence-electron chi connectivity index (χ2n) is 6.68. The van der Waals surface area contributed by atoms with E-state index in [-0.39, 0.29) is 11.5 Å². The van der Waals surface area contributed by atoms with Gasteiger partial charge in [-0.05, 0) is 37.0 Å². The molecule has 0 saturated carbocycles. The Kier molecular flexibility index (Phi) is 6.26. The molecule has 0 bridgehead atoms. The Hall–Kier alpha value is -1.93. The van der Waals surface area contributed by atoms with E-state index in [1.807, 2.05) is 16.8 Å². The summed E-state index contributed by atoms with van der Waals surface area (Å²) in [5.74, 6) is 1.37. The summed E-state index contributed by atoms with van der Waals surface area (Å²) in [5, 5.41) is 8.21. The summed E-state index contributed by atoms with van der Waals surface area (Å²) >= 11 is 0. The first-order chi connectivity index (χ1) is 12.6. The highest BCUT2D eigenvalue weighted by molar-refractivity contribution is 7.91. The zero-order valence-electron chi connectivity index (χ0n) is 15.2. The molecule has 0 aliphatic carbocycles. The van der Waals surface area contributed by atoms with Gasteiger partial charge in [0.1, 0.15) is 5.75 Å². The summed E-state index contributed by atoms with van der Waals surface area (Å²) in [5.41, 5.74) is 2.35. The second-order valence-corrected chi connectivity index (χ2v) is 8.99. The van der Waals surface area contributed by atoms with Crippen LogP contribution < -0.4 is 4.74 Å². The lowest BCUT2D eigenvalue weighted by molar-refractivity contribution is 0.277. The van der Waals surface area contributed by atoms with E-state index in [1.165, 1.54) is 5.56 Å². The summed E-state index contributed by atoms with van der Waals surface area (Å²) < 4.78 is 30.2. The van der Waals surface area contributed by atoms with Crippen molar-refractivity contribution in [3.63, 3.8) is 0 Å². The molecule has 2 heterocycles. The first-order valence-corrected chi connectivity index (χ1v) is 10.8. The normalized spacial score (nSPS) is 17.3. The maximum atomic E-state index is 11.5. The third-order valence-corrected chi connectivity index (χ3v) is 6.37. The van der Waals surface area contributed by atoms with Gasteiger partial charge < -0.3 is 4.74 Å². The van der Waals surface area contributed by atoms with E-state index in [4.69, 9.17) is 4.74 Å². The molecule has 0 N–H and O–H groups in total. The number of aryl methyl sites for hydroxylation is 2. The highest BCUT2D eigenvalue weighted by Gasteiger charge is 2.22. The molecule has 2 aromatic rings. The number of sulfone groups is 1. The molecule has 8 heteroatoms. The Balaban J connectivity index is 1.43. The van der Waals surface area contributed by atoms with E-state index in [9.17, 15) is 8.42 Å². The topological polar surface area (TPSA) is 77.3 Å². The van der Waals surface area contributed by atoms with E-state index in [2.05, 4.69) is 27.3 Å². The number of rotatable bonds is 8. The van der Waals surface area contributed by atoms with Crippen molar-refractivity contribution in [2.45, 2.75) is 32.4 Å². The van der Waals surface area contributed by atoms with Crippen LogP contribution in [0.5, 0.6) is 5.75 Å². The Morgan fingerprint density at radius 3 is 2.54 bits per heavy atom. The molecule has 1 aliphatic heterocycles. The van der Waals surface area contributed by atoms with Gasteiger partial charge in [0.15, 0.2) is 9.84 Å². The van der Waals surface area contributed by atoms with Gasteiger partial charge in [0.05, 0.1) is 30.5 Å². The first-order valence-electron chi connectivity index (χ1n) is 8.99. The lowest BCUT2D eigenvalue weighted by Crippen LogP contribution is -2.40. The molecule has 0 spiro atoms. The molecular weight excluding hydrogens is 352 g/mol. The maximum Gasteiger partial charge on any atom is 0.152 e. The van der Waals surface area contributed by atoms with Gasteiger partial charge in [0.25, 0.3) is 0 Å². The zero-order chi connectivity index (χ0) is 18.4. The van der Waals surface area contributed by atoms with Crippen LogP contribution in [0.3, 0.4) is 0 Å². The van der Waals surface area contributed by atoms with Crippen molar-refractivity contribution in [1.82, 2.24) is 19.9 Å². The fourth-order valence-corrected chi connectivity index (χ4v) is 4.39. The number of ether oxygens (including phenoxy) is 1. The first kappa shape index (κ1) is 18.8. The van der Waals surface area contributed by atoms with Crippen LogP contribution in [0.15, 0.2) is 30.5 Å². The summed E-state index contributed by atoms with van der Waals surface area (Å²) in [6, 6.07) is 8.18. The third-order valence-electron chi connectivity index (χ3n) is 4.76. The largest absolute Gasteiger partial charge is 0.497 e. The quantitative estimate of drug-likeness (QED) is 0.649. The minimum atomic E-state index is -2.84. The minimum absolute atomic E-state index is 0.246. The molecule has 0 radical (unpaired) electrons. The number of methoxy groups -OCH3 is 1. The summed E-state index contributed by atoms with van der Waals surface area (Å²) in [4.78, 5) is 2.16. The Bertz CT molecular complexity index is 788. The Morgan fingerprint density at radius 1 is 1.12 bits per heavy atom. The average Bonchev–Trinajstić information content (AvgIpc) is 3.08. The van der Waals surface area contributed by atoms with Crippen LogP contribution in [0, 0.1) is 0 Å². The number of unbranched alkanes of at least 4 members (excludes halogenated alkanes) is 1. The van der Waals surface area contributed by atoms with Gasteiger partial charge in [-0.2, -0.15) is 0 Å². The third kappa shape index (κ3) is 5.28. The Labute approximate surface area is 154 Å². The van der Waals surface area contributed by atoms with Crippen LogP contribution in [0.25, 0.3) is 0 Å². The van der Waals surface area contributed by atoms with E-state index in [0.29, 0.717) is 19.6 Å². The number of aromatic nitrogens is 3. The van der Waals surface area contributed by atoms with Crippen molar-refractivity contribution in [3.05, 3.63) is 41.7 Å². The van der Waals surface area contributed by atoms with Gasteiger partial charge in [-0.15, -0.1) is 5.10 Å². The lowest BCUT2D eigenvalue weighted by Gasteiger charge is -2.26. The number of benzene rings is 1. The molecule has 1 fully saturated rings. The van der Waals surface area contributed by atoms with Crippen molar-refractivity contribution in [1.29, 1.82) is 0 Å².